The standard InChI is InChI=1S/C43H23FN2O2/c44-26-19-35-32-21-34-30-12-4-6-14-38(30)47-39(34)22-33(32)29-11-3-5-13-36(29)46-37-18-24(15-16-31(37)43-42(46)41(35)40(20-26)48-43)27-9-1-2-10-28(27)25-8-7-17-45-23-25/h1-23H. The zero-order valence-electron chi connectivity index (χ0n) is 25.4. The fourth-order valence-electron chi connectivity index (χ4n) is 7.86. The molecule has 0 aliphatic carbocycles. The van der Waals surface area contributed by atoms with E-state index in [0.717, 1.165) is 98.6 Å². The second-order valence-electron chi connectivity index (χ2n) is 12.5. The van der Waals surface area contributed by atoms with Gasteiger partial charge in [0.1, 0.15) is 28.1 Å². The second-order valence-corrected chi connectivity index (χ2v) is 12.5. The summed E-state index contributed by atoms with van der Waals surface area (Å²) in [7, 11) is 0. The Hall–Kier alpha value is -6.46. The van der Waals surface area contributed by atoms with Crippen LogP contribution in [0.5, 0.6) is 0 Å². The number of benzene rings is 6. The van der Waals surface area contributed by atoms with Gasteiger partial charge in [-0.15, -0.1) is 0 Å². The van der Waals surface area contributed by atoms with Crippen LogP contribution in [0.2, 0.25) is 0 Å². The van der Waals surface area contributed by atoms with Crippen LogP contribution in [0.3, 0.4) is 0 Å². The molecule has 0 spiro atoms. The molecule has 0 saturated carbocycles. The third kappa shape index (κ3) is 3.39. The minimum Gasteiger partial charge on any atom is -0.456 e. The van der Waals surface area contributed by atoms with E-state index in [0.29, 0.717) is 5.58 Å². The van der Waals surface area contributed by atoms with Crippen LogP contribution in [0.15, 0.2) is 149 Å². The molecule has 5 heterocycles. The number of nitrogens with zero attached hydrogens (tertiary/aromatic N) is 2. The van der Waals surface area contributed by atoms with Gasteiger partial charge in [-0.25, -0.2) is 4.39 Å². The molecular weight excluding hydrogens is 595 g/mol. The molecule has 0 atom stereocenters. The summed E-state index contributed by atoms with van der Waals surface area (Å²) in [6.45, 7) is 0. The molecule has 0 aliphatic rings. The fourth-order valence-corrected chi connectivity index (χ4v) is 7.86. The Labute approximate surface area is 271 Å². The van der Waals surface area contributed by atoms with Crippen molar-refractivity contribution in [2.75, 3.05) is 0 Å². The lowest BCUT2D eigenvalue weighted by Crippen LogP contribution is -1.91. The summed E-state index contributed by atoms with van der Waals surface area (Å²) in [5.41, 5.74) is 10.2. The molecule has 5 aromatic heterocycles. The molecule has 0 N–H and O–H groups in total. The van der Waals surface area contributed by atoms with Crippen LogP contribution < -0.4 is 0 Å². The first kappa shape index (κ1) is 25.7. The number of para-hydroxylation sites is 2. The summed E-state index contributed by atoms with van der Waals surface area (Å²) in [5.74, 6) is -0.337. The van der Waals surface area contributed by atoms with Crippen LogP contribution in [0.4, 0.5) is 4.39 Å². The van der Waals surface area contributed by atoms with Crippen molar-refractivity contribution in [3.63, 3.8) is 0 Å². The molecule has 0 unspecified atom stereocenters. The molecule has 6 aromatic carbocycles. The quantitative estimate of drug-likeness (QED) is 0.194. The molecule has 224 valence electrons. The van der Waals surface area contributed by atoms with Crippen LogP contribution in [0.25, 0.3) is 104 Å². The lowest BCUT2D eigenvalue weighted by Gasteiger charge is -2.12. The number of pyridine rings is 1. The maximum Gasteiger partial charge on any atom is 0.161 e. The largest absolute Gasteiger partial charge is 0.456 e. The minimum absolute atomic E-state index is 0.337. The highest BCUT2D eigenvalue weighted by molar-refractivity contribution is 6.29. The van der Waals surface area contributed by atoms with Gasteiger partial charge in [0.25, 0.3) is 0 Å². The molecular formula is C43H23FN2O2. The minimum atomic E-state index is -0.337. The van der Waals surface area contributed by atoms with E-state index in [4.69, 9.17) is 8.83 Å². The summed E-state index contributed by atoms with van der Waals surface area (Å²) in [6, 6.07) is 42.9. The SMILES string of the molecule is Fc1cc2oc3c4ccc(-c5ccccc5-c5cccnc5)cc4n4c5ccccc5c5cc6oc7ccccc7c6cc5c(c1)c2c34. The summed E-state index contributed by atoms with van der Waals surface area (Å²) in [4.78, 5) is 4.38. The zero-order chi connectivity index (χ0) is 31.5. The fraction of sp³-hybridized carbons (Fsp3) is 0. The molecule has 0 aliphatic heterocycles. The highest BCUT2D eigenvalue weighted by Gasteiger charge is 2.23. The van der Waals surface area contributed by atoms with Crippen molar-refractivity contribution in [2.24, 2.45) is 0 Å². The normalized spacial score (nSPS) is 12.3. The molecule has 0 amide bonds. The average molecular weight is 619 g/mol. The van der Waals surface area contributed by atoms with E-state index in [1.165, 1.54) is 6.07 Å². The van der Waals surface area contributed by atoms with Crippen molar-refractivity contribution in [1.82, 2.24) is 9.38 Å². The smallest absolute Gasteiger partial charge is 0.161 e. The molecule has 11 aromatic rings. The number of furan rings is 2. The summed E-state index contributed by atoms with van der Waals surface area (Å²) in [6.07, 6.45) is 3.70. The van der Waals surface area contributed by atoms with E-state index in [-0.39, 0.29) is 5.82 Å². The predicted molar refractivity (Wildman–Crippen MR) is 193 cm³/mol. The molecule has 11 rings (SSSR count). The lowest BCUT2D eigenvalue weighted by molar-refractivity contribution is 0.620. The van der Waals surface area contributed by atoms with E-state index in [1.807, 2.05) is 30.5 Å². The van der Waals surface area contributed by atoms with Gasteiger partial charge in [0.05, 0.1) is 16.4 Å². The number of rotatable bonds is 2. The maximum atomic E-state index is 15.5. The summed E-state index contributed by atoms with van der Waals surface area (Å²) in [5, 5.41) is 7.63. The van der Waals surface area contributed by atoms with Crippen LogP contribution in [-0.2, 0) is 0 Å². The molecule has 48 heavy (non-hydrogen) atoms. The Morgan fingerprint density at radius 3 is 2.17 bits per heavy atom. The van der Waals surface area contributed by atoms with Crippen molar-refractivity contribution < 1.29 is 13.2 Å². The summed E-state index contributed by atoms with van der Waals surface area (Å²) < 4.78 is 30.8. The van der Waals surface area contributed by atoms with Crippen molar-refractivity contribution in [3.05, 3.63) is 146 Å². The lowest BCUT2D eigenvalue weighted by atomic mass is 9.95. The van der Waals surface area contributed by atoms with E-state index in [1.54, 1.807) is 12.3 Å². The van der Waals surface area contributed by atoms with Crippen molar-refractivity contribution in [2.45, 2.75) is 0 Å². The topological polar surface area (TPSA) is 43.6 Å². The molecule has 0 saturated heterocycles. The first-order chi connectivity index (χ1) is 23.7. The maximum absolute atomic E-state index is 15.5. The van der Waals surface area contributed by atoms with Crippen molar-refractivity contribution in [1.29, 1.82) is 0 Å². The Morgan fingerprint density at radius 2 is 1.29 bits per heavy atom. The van der Waals surface area contributed by atoms with Gasteiger partial charge in [-0.05, 0) is 81.4 Å². The Bertz CT molecular complexity index is 3130. The Morgan fingerprint density at radius 1 is 0.500 bits per heavy atom. The number of hydrogen-bond acceptors (Lipinski definition) is 3. The van der Waals surface area contributed by atoms with Crippen LogP contribution in [0, 0.1) is 5.82 Å². The second kappa shape index (κ2) is 9.30. The van der Waals surface area contributed by atoms with Crippen LogP contribution >= 0.6 is 0 Å². The van der Waals surface area contributed by atoms with Gasteiger partial charge in [0, 0.05) is 45.6 Å². The van der Waals surface area contributed by atoms with Crippen LogP contribution in [0.1, 0.15) is 0 Å². The van der Waals surface area contributed by atoms with Gasteiger partial charge in [-0.2, -0.15) is 0 Å². The van der Waals surface area contributed by atoms with Crippen molar-refractivity contribution >= 4 is 82.0 Å². The molecule has 0 fully saturated rings. The van der Waals surface area contributed by atoms with Gasteiger partial charge >= 0.3 is 0 Å². The Balaban J connectivity index is 1.35. The van der Waals surface area contributed by atoms with Crippen LogP contribution in [-0.4, -0.2) is 9.38 Å². The first-order valence-corrected chi connectivity index (χ1v) is 16.0. The van der Waals surface area contributed by atoms with Gasteiger partial charge in [-0.1, -0.05) is 72.8 Å². The third-order valence-corrected chi connectivity index (χ3v) is 9.89. The van der Waals surface area contributed by atoms with E-state index in [9.17, 15) is 0 Å². The molecule has 0 bridgehead atoms. The monoisotopic (exact) mass is 618 g/mol. The highest BCUT2D eigenvalue weighted by Crippen LogP contribution is 2.45. The van der Waals surface area contributed by atoms with Gasteiger partial charge < -0.3 is 13.2 Å². The first-order valence-electron chi connectivity index (χ1n) is 16.0. The summed E-state index contributed by atoms with van der Waals surface area (Å²) >= 11 is 0. The van der Waals surface area contributed by atoms with E-state index < -0.39 is 0 Å². The van der Waals surface area contributed by atoms with E-state index in [2.05, 4.69) is 100 Å². The predicted octanol–water partition coefficient (Wildman–Crippen LogP) is 12.1. The zero-order valence-corrected chi connectivity index (χ0v) is 25.4. The average Bonchev–Trinajstić information content (AvgIpc) is 3.78. The number of aromatic nitrogens is 2. The van der Waals surface area contributed by atoms with E-state index >= 15 is 4.39 Å². The number of halogens is 1. The van der Waals surface area contributed by atoms with Gasteiger partial charge in [0.2, 0.25) is 0 Å². The van der Waals surface area contributed by atoms with Gasteiger partial charge in [-0.3, -0.25) is 4.98 Å². The molecule has 0 radical (unpaired) electrons. The van der Waals surface area contributed by atoms with Crippen molar-refractivity contribution in [3.8, 4) is 22.3 Å². The Kier molecular flexibility index (Phi) is 4.98. The number of fused-ring (bicyclic) bond motifs is 11. The molecule has 5 heteroatoms. The van der Waals surface area contributed by atoms with Gasteiger partial charge in [0.15, 0.2) is 5.58 Å². The molecule has 4 nitrogen and oxygen atoms in total. The highest BCUT2D eigenvalue weighted by atomic mass is 19.1. The third-order valence-electron chi connectivity index (χ3n) is 9.89. The number of hydrogen-bond donors (Lipinski definition) is 0.